The number of hydrogen-bond acceptors (Lipinski definition) is 4. The zero-order chi connectivity index (χ0) is 20.9. The molecule has 0 aliphatic heterocycles. The number of aryl methyl sites for hydroxylation is 1. The Morgan fingerprint density at radius 1 is 0.931 bits per heavy atom. The maximum Gasteiger partial charge on any atom is 0.262 e. The summed E-state index contributed by atoms with van der Waals surface area (Å²) in [5, 5.41) is 2.81. The molecule has 3 rings (SSSR count). The summed E-state index contributed by atoms with van der Waals surface area (Å²) in [6.45, 7) is 4.00. The summed E-state index contributed by atoms with van der Waals surface area (Å²) < 4.78 is 33.7. The lowest BCUT2D eigenvalue weighted by atomic mass is 10.1. The molecule has 0 fully saturated rings. The SMILES string of the molecule is CCOc1ccccc1NS(=O)(=O)c1ccc(NC(=O)c2ccccc2)c(C)c1. The van der Waals surface area contributed by atoms with Crippen molar-refractivity contribution < 1.29 is 17.9 Å². The van der Waals surface area contributed by atoms with E-state index in [1.807, 2.05) is 13.0 Å². The molecule has 7 heteroatoms. The van der Waals surface area contributed by atoms with Gasteiger partial charge in [-0.1, -0.05) is 30.3 Å². The van der Waals surface area contributed by atoms with E-state index in [4.69, 9.17) is 4.74 Å². The summed E-state index contributed by atoms with van der Waals surface area (Å²) >= 11 is 0. The van der Waals surface area contributed by atoms with Gasteiger partial charge in [0.25, 0.3) is 15.9 Å². The van der Waals surface area contributed by atoms with Crippen LogP contribution in [0.2, 0.25) is 0 Å². The Labute approximate surface area is 170 Å². The Morgan fingerprint density at radius 3 is 2.31 bits per heavy atom. The maximum absolute atomic E-state index is 12.8. The molecular formula is C22H22N2O4S. The zero-order valence-electron chi connectivity index (χ0n) is 16.2. The molecule has 3 aromatic carbocycles. The monoisotopic (exact) mass is 410 g/mol. The van der Waals surface area contributed by atoms with Gasteiger partial charge in [-0.05, 0) is 61.9 Å². The number of para-hydroxylation sites is 2. The molecule has 0 spiro atoms. The third-order valence-electron chi connectivity index (χ3n) is 4.22. The van der Waals surface area contributed by atoms with Crippen molar-refractivity contribution in [3.05, 3.63) is 83.9 Å². The Morgan fingerprint density at radius 2 is 1.62 bits per heavy atom. The molecule has 1 amide bonds. The second-order valence-electron chi connectivity index (χ2n) is 6.33. The van der Waals surface area contributed by atoms with Crippen molar-refractivity contribution in [3.8, 4) is 5.75 Å². The van der Waals surface area contributed by atoms with Gasteiger partial charge < -0.3 is 10.1 Å². The molecule has 0 aliphatic carbocycles. The van der Waals surface area contributed by atoms with E-state index < -0.39 is 10.0 Å². The first-order valence-corrected chi connectivity index (χ1v) is 10.6. The van der Waals surface area contributed by atoms with Gasteiger partial charge in [-0.3, -0.25) is 9.52 Å². The minimum absolute atomic E-state index is 0.0963. The van der Waals surface area contributed by atoms with Gasteiger partial charge in [0.05, 0.1) is 17.2 Å². The molecule has 0 saturated heterocycles. The van der Waals surface area contributed by atoms with Gasteiger partial charge in [-0.25, -0.2) is 8.42 Å². The van der Waals surface area contributed by atoms with Crippen molar-refractivity contribution in [1.82, 2.24) is 0 Å². The average Bonchev–Trinajstić information content (AvgIpc) is 2.71. The maximum atomic E-state index is 12.8. The summed E-state index contributed by atoms with van der Waals surface area (Å²) in [5.74, 6) is 0.204. The highest BCUT2D eigenvalue weighted by molar-refractivity contribution is 7.92. The van der Waals surface area contributed by atoms with Crippen LogP contribution in [0.3, 0.4) is 0 Å². The van der Waals surface area contributed by atoms with Crippen LogP contribution in [-0.2, 0) is 10.0 Å². The fourth-order valence-electron chi connectivity index (χ4n) is 2.76. The summed E-state index contributed by atoms with van der Waals surface area (Å²) in [6, 6.07) is 20.2. The van der Waals surface area contributed by atoms with Gasteiger partial charge in [0.2, 0.25) is 0 Å². The Balaban J connectivity index is 1.81. The van der Waals surface area contributed by atoms with Crippen molar-refractivity contribution in [2.75, 3.05) is 16.6 Å². The molecule has 0 aromatic heterocycles. The number of carbonyl (C=O) groups is 1. The fourth-order valence-corrected chi connectivity index (χ4v) is 3.92. The second kappa shape index (κ2) is 8.79. The smallest absolute Gasteiger partial charge is 0.262 e. The van der Waals surface area contributed by atoms with Crippen LogP contribution in [0, 0.1) is 6.92 Å². The fraction of sp³-hybridized carbons (Fsp3) is 0.136. The summed E-state index contributed by atoms with van der Waals surface area (Å²) in [5.41, 5.74) is 2.08. The van der Waals surface area contributed by atoms with Crippen molar-refractivity contribution >= 4 is 27.3 Å². The van der Waals surface area contributed by atoms with Gasteiger partial charge in [-0.15, -0.1) is 0 Å². The molecule has 0 saturated carbocycles. The lowest BCUT2D eigenvalue weighted by Gasteiger charge is -2.14. The Hall–Kier alpha value is -3.32. The van der Waals surface area contributed by atoms with E-state index in [-0.39, 0.29) is 10.8 Å². The Bertz CT molecular complexity index is 1110. The quantitative estimate of drug-likeness (QED) is 0.603. The molecule has 0 atom stereocenters. The van der Waals surface area contributed by atoms with E-state index in [0.717, 1.165) is 0 Å². The summed E-state index contributed by atoms with van der Waals surface area (Å²) in [6.07, 6.45) is 0. The summed E-state index contributed by atoms with van der Waals surface area (Å²) in [7, 11) is -3.82. The third-order valence-corrected chi connectivity index (χ3v) is 5.59. The lowest BCUT2D eigenvalue weighted by molar-refractivity contribution is 0.102. The molecule has 3 aromatic rings. The van der Waals surface area contributed by atoms with E-state index in [9.17, 15) is 13.2 Å². The topological polar surface area (TPSA) is 84.5 Å². The number of hydrogen-bond donors (Lipinski definition) is 2. The van der Waals surface area contributed by atoms with Crippen LogP contribution >= 0.6 is 0 Å². The first-order chi connectivity index (χ1) is 13.9. The normalized spacial score (nSPS) is 11.0. The van der Waals surface area contributed by atoms with E-state index in [2.05, 4.69) is 10.0 Å². The third kappa shape index (κ3) is 4.94. The number of nitrogens with one attached hydrogen (secondary N) is 2. The van der Waals surface area contributed by atoms with Crippen LogP contribution in [0.4, 0.5) is 11.4 Å². The predicted octanol–water partition coefficient (Wildman–Crippen LogP) is 4.45. The van der Waals surface area contributed by atoms with Crippen LogP contribution in [0.1, 0.15) is 22.8 Å². The average molecular weight is 410 g/mol. The minimum Gasteiger partial charge on any atom is -0.492 e. The van der Waals surface area contributed by atoms with Crippen molar-refractivity contribution in [1.29, 1.82) is 0 Å². The molecule has 150 valence electrons. The van der Waals surface area contributed by atoms with Gasteiger partial charge in [-0.2, -0.15) is 0 Å². The van der Waals surface area contributed by atoms with Gasteiger partial charge >= 0.3 is 0 Å². The molecule has 0 heterocycles. The predicted molar refractivity (Wildman–Crippen MR) is 114 cm³/mol. The second-order valence-corrected chi connectivity index (χ2v) is 8.01. The van der Waals surface area contributed by atoms with Gasteiger partial charge in [0, 0.05) is 11.3 Å². The van der Waals surface area contributed by atoms with Crippen LogP contribution in [0.5, 0.6) is 5.75 Å². The highest BCUT2D eigenvalue weighted by Crippen LogP contribution is 2.28. The van der Waals surface area contributed by atoms with Crippen LogP contribution in [0.15, 0.2) is 77.7 Å². The van der Waals surface area contributed by atoms with Crippen LogP contribution in [-0.4, -0.2) is 20.9 Å². The molecule has 0 aliphatic rings. The van der Waals surface area contributed by atoms with Gasteiger partial charge in [0.15, 0.2) is 0 Å². The van der Waals surface area contributed by atoms with Crippen molar-refractivity contribution in [3.63, 3.8) is 0 Å². The molecule has 29 heavy (non-hydrogen) atoms. The van der Waals surface area contributed by atoms with Gasteiger partial charge in [0.1, 0.15) is 5.75 Å². The molecule has 6 nitrogen and oxygen atoms in total. The highest BCUT2D eigenvalue weighted by atomic mass is 32.2. The largest absolute Gasteiger partial charge is 0.492 e. The number of anilines is 2. The minimum atomic E-state index is -3.82. The molecule has 0 unspecified atom stereocenters. The zero-order valence-corrected chi connectivity index (χ0v) is 17.0. The first-order valence-electron chi connectivity index (χ1n) is 9.12. The highest BCUT2D eigenvalue weighted by Gasteiger charge is 2.18. The van der Waals surface area contributed by atoms with Crippen LogP contribution in [0.25, 0.3) is 0 Å². The molecular weight excluding hydrogens is 388 g/mol. The van der Waals surface area contributed by atoms with E-state index in [0.29, 0.717) is 34.9 Å². The van der Waals surface area contributed by atoms with Crippen molar-refractivity contribution in [2.24, 2.45) is 0 Å². The standard InChI is InChI=1S/C22H22N2O4S/c1-3-28-21-12-8-7-11-20(21)24-29(26,27)18-13-14-19(16(2)15-18)23-22(25)17-9-5-4-6-10-17/h4-15,24H,3H2,1-2H3,(H,23,25). The first kappa shape index (κ1) is 20.4. The number of sulfonamides is 1. The number of rotatable bonds is 7. The number of carbonyl (C=O) groups excluding carboxylic acids is 1. The number of benzene rings is 3. The summed E-state index contributed by atoms with van der Waals surface area (Å²) in [4.78, 5) is 12.4. The number of amides is 1. The lowest BCUT2D eigenvalue weighted by Crippen LogP contribution is -2.15. The molecule has 0 bridgehead atoms. The van der Waals surface area contributed by atoms with E-state index >= 15 is 0 Å². The van der Waals surface area contributed by atoms with E-state index in [1.165, 1.54) is 12.1 Å². The Kier molecular flexibility index (Phi) is 6.19. The van der Waals surface area contributed by atoms with Crippen LogP contribution < -0.4 is 14.8 Å². The van der Waals surface area contributed by atoms with Crippen molar-refractivity contribution in [2.45, 2.75) is 18.7 Å². The molecule has 0 radical (unpaired) electrons. The number of ether oxygens (including phenoxy) is 1. The molecule has 2 N–H and O–H groups in total. The van der Waals surface area contributed by atoms with E-state index in [1.54, 1.807) is 61.5 Å².